The van der Waals surface area contributed by atoms with Crippen LogP contribution in [0.2, 0.25) is 5.02 Å². The van der Waals surface area contributed by atoms with Crippen molar-refractivity contribution in [1.82, 2.24) is 5.32 Å². The number of halogens is 1. The van der Waals surface area contributed by atoms with E-state index in [1.807, 2.05) is 12.1 Å². The van der Waals surface area contributed by atoms with Crippen LogP contribution in [-0.2, 0) is 11.2 Å². The molecule has 0 aliphatic carbocycles. The van der Waals surface area contributed by atoms with Gasteiger partial charge in [0.2, 0.25) is 5.91 Å². The number of benzene rings is 2. The number of nitrogens with one attached hydrogen (secondary N) is 1. The van der Waals surface area contributed by atoms with E-state index in [-0.39, 0.29) is 5.91 Å². The quantitative estimate of drug-likeness (QED) is 0.776. The van der Waals surface area contributed by atoms with Crippen LogP contribution >= 0.6 is 11.6 Å². The SMILES string of the molecule is Cc1ccc(CCC(=O)NCCOc2ccc(Cl)cc2)cc1C. The highest BCUT2D eigenvalue weighted by atomic mass is 35.5. The normalized spacial score (nSPS) is 10.4. The lowest BCUT2D eigenvalue weighted by Crippen LogP contribution is -2.28. The van der Waals surface area contributed by atoms with E-state index >= 15 is 0 Å². The number of rotatable bonds is 7. The monoisotopic (exact) mass is 331 g/mol. The van der Waals surface area contributed by atoms with Gasteiger partial charge in [0.25, 0.3) is 0 Å². The van der Waals surface area contributed by atoms with Gasteiger partial charge in [-0.15, -0.1) is 0 Å². The molecular formula is C19H22ClNO2. The van der Waals surface area contributed by atoms with E-state index < -0.39 is 0 Å². The predicted octanol–water partition coefficient (Wildman–Crippen LogP) is 4.08. The van der Waals surface area contributed by atoms with Crippen LogP contribution in [-0.4, -0.2) is 19.1 Å². The summed E-state index contributed by atoms with van der Waals surface area (Å²) in [6.07, 6.45) is 1.24. The summed E-state index contributed by atoms with van der Waals surface area (Å²) in [5.41, 5.74) is 3.73. The van der Waals surface area contributed by atoms with Gasteiger partial charge in [0.15, 0.2) is 0 Å². The fourth-order valence-electron chi connectivity index (χ4n) is 2.20. The van der Waals surface area contributed by atoms with Crippen molar-refractivity contribution in [3.63, 3.8) is 0 Å². The molecule has 23 heavy (non-hydrogen) atoms. The lowest BCUT2D eigenvalue weighted by molar-refractivity contribution is -0.121. The third-order valence-corrected chi connectivity index (χ3v) is 3.97. The highest BCUT2D eigenvalue weighted by Crippen LogP contribution is 2.15. The summed E-state index contributed by atoms with van der Waals surface area (Å²) in [6, 6.07) is 13.5. The van der Waals surface area contributed by atoms with E-state index in [0.717, 1.165) is 12.2 Å². The minimum Gasteiger partial charge on any atom is -0.492 e. The van der Waals surface area contributed by atoms with Crippen molar-refractivity contribution in [3.8, 4) is 5.75 Å². The van der Waals surface area contributed by atoms with Crippen LogP contribution in [0.25, 0.3) is 0 Å². The van der Waals surface area contributed by atoms with Gasteiger partial charge in [-0.25, -0.2) is 0 Å². The summed E-state index contributed by atoms with van der Waals surface area (Å²) < 4.78 is 5.53. The number of aryl methyl sites for hydroxylation is 3. The van der Waals surface area contributed by atoms with Crippen LogP contribution in [0.5, 0.6) is 5.75 Å². The lowest BCUT2D eigenvalue weighted by atomic mass is 10.0. The number of hydrogen-bond donors (Lipinski definition) is 1. The van der Waals surface area contributed by atoms with Crippen molar-refractivity contribution in [2.24, 2.45) is 0 Å². The van der Waals surface area contributed by atoms with Gasteiger partial charge in [-0.2, -0.15) is 0 Å². The molecule has 0 saturated heterocycles. The van der Waals surface area contributed by atoms with Gasteiger partial charge >= 0.3 is 0 Å². The Kier molecular flexibility index (Phi) is 6.48. The van der Waals surface area contributed by atoms with E-state index in [9.17, 15) is 4.79 Å². The molecule has 0 atom stereocenters. The van der Waals surface area contributed by atoms with Crippen molar-refractivity contribution in [2.45, 2.75) is 26.7 Å². The van der Waals surface area contributed by atoms with Gasteiger partial charge in [0.05, 0.1) is 6.54 Å². The van der Waals surface area contributed by atoms with Crippen molar-refractivity contribution in [3.05, 3.63) is 64.2 Å². The number of hydrogen-bond acceptors (Lipinski definition) is 2. The van der Waals surface area contributed by atoms with Gasteiger partial charge in [0, 0.05) is 11.4 Å². The third-order valence-electron chi connectivity index (χ3n) is 3.72. The minimum absolute atomic E-state index is 0.0444. The van der Waals surface area contributed by atoms with E-state index in [0.29, 0.717) is 24.6 Å². The molecule has 2 aromatic carbocycles. The molecule has 0 bridgehead atoms. The first-order valence-corrected chi connectivity index (χ1v) is 8.13. The second-order valence-electron chi connectivity index (χ2n) is 5.57. The molecule has 0 aromatic heterocycles. The van der Waals surface area contributed by atoms with Crippen molar-refractivity contribution < 1.29 is 9.53 Å². The molecular weight excluding hydrogens is 310 g/mol. The highest BCUT2D eigenvalue weighted by Gasteiger charge is 2.03. The van der Waals surface area contributed by atoms with E-state index in [4.69, 9.17) is 16.3 Å². The Hall–Kier alpha value is -2.00. The van der Waals surface area contributed by atoms with Crippen LogP contribution in [0, 0.1) is 13.8 Å². The maximum Gasteiger partial charge on any atom is 0.220 e. The zero-order chi connectivity index (χ0) is 16.7. The molecule has 0 fully saturated rings. The number of ether oxygens (including phenoxy) is 1. The molecule has 2 aromatic rings. The van der Waals surface area contributed by atoms with Crippen LogP contribution in [0.3, 0.4) is 0 Å². The summed E-state index contributed by atoms with van der Waals surface area (Å²) >= 11 is 5.81. The number of carbonyl (C=O) groups is 1. The third kappa shape index (κ3) is 5.95. The molecule has 122 valence electrons. The summed E-state index contributed by atoms with van der Waals surface area (Å²) in [6.45, 7) is 5.12. The van der Waals surface area contributed by atoms with Crippen molar-refractivity contribution in [1.29, 1.82) is 0 Å². The molecule has 0 aliphatic heterocycles. The van der Waals surface area contributed by atoms with Gasteiger partial charge in [0.1, 0.15) is 12.4 Å². The fraction of sp³-hybridized carbons (Fsp3) is 0.316. The molecule has 0 aliphatic rings. The predicted molar refractivity (Wildman–Crippen MR) is 94.2 cm³/mol. The lowest BCUT2D eigenvalue weighted by Gasteiger charge is -2.08. The molecule has 1 amide bonds. The van der Waals surface area contributed by atoms with Crippen molar-refractivity contribution in [2.75, 3.05) is 13.2 Å². The van der Waals surface area contributed by atoms with Gasteiger partial charge in [-0.05, 0) is 61.2 Å². The molecule has 0 heterocycles. The Bertz CT molecular complexity index is 653. The second kappa shape index (κ2) is 8.59. The first-order valence-electron chi connectivity index (χ1n) is 7.76. The Morgan fingerprint density at radius 1 is 1.09 bits per heavy atom. The van der Waals surface area contributed by atoms with Crippen molar-refractivity contribution >= 4 is 17.5 Å². The summed E-state index contributed by atoms with van der Waals surface area (Å²) in [5.74, 6) is 0.793. The van der Waals surface area contributed by atoms with Crippen LogP contribution in [0.4, 0.5) is 0 Å². The highest BCUT2D eigenvalue weighted by molar-refractivity contribution is 6.30. The minimum atomic E-state index is 0.0444. The number of carbonyl (C=O) groups excluding carboxylic acids is 1. The molecule has 0 spiro atoms. The van der Waals surface area contributed by atoms with E-state index in [2.05, 4.69) is 37.4 Å². The Balaban J connectivity index is 1.65. The zero-order valence-electron chi connectivity index (χ0n) is 13.6. The van der Waals surface area contributed by atoms with Crippen LogP contribution in [0.15, 0.2) is 42.5 Å². The van der Waals surface area contributed by atoms with Crippen LogP contribution in [0.1, 0.15) is 23.1 Å². The Morgan fingerprint density at radius 2 is 1.83 bits per heavy atom. The molecule has 0 saturated carbocycles. The first kappa shape index (κ1) is 17.4. The summed E-state index contributed by atoms with van der Waals surface area (Å²) in [5, 5.41) is 3.55. The molecule has 2 rings (SSSR count). The average molecular weight is 332 g/mol. The number of amides is 1. The van der Waals surface area contributed by atoms with Gasteiger partial charge in [-0.1, -0.05) is 29.8 Å². The average Bonchev–Trinajstić information content (AvgIpc) is 2.54. The zero-order valence-corrected chi connectivity index (χ0v) is 14.3. The maximum absolute atomic E-state index is 11.8. The van der Waals surface area contributed by atoms with E-state index in [1.54, 1.807) is 12.1 Å². The van der Waals surface area contributed by atoms with Crippen LogP contribution < -0.4 is 10.1 Å². The molecule has 0 unspecified atom stereocenters. The molecule has 4 heteroatoms. The molecule has 0 radical (unpaired) electrons. The summed E-state index contributed by atoms with van der Waals surface area (Å²) in [7, 11) is 0. The molecule has 1 N–H and O–H groups in total. The largest absolute Gasteiger partial charge is 0.492 e. The smallest absolute Gasteiger partial charge is 0.220 e. The fourth-order valence-corrected chi connectivity index (χ4v) is 2.32. The Morgan fingerprint density at radius 3 is 2.52 bits per heavy atom. The maximum atomic E-state index is 11.8. The van der Waals surface area contributed by atoms with Gasteiger partial charge < -0.3 is 10.1 Å². The Labute approximate surface area is 142 Å². The molecule has 3 nitrogen and oxygen atoms in total. The topological polar surface area (TPSA) is 38.3 Å². The standard InChI is InChI=1S/C19H22ClNO2/c1-14-3-4-16(13-15(14)2)5-10-19(22)21-11-12-23-18-8-6-17(20)7-9-18/h3-4,6-9,13H,5,10-12H2,1-2H3,(H,21,22). The summed E-state index contributed by atoms with van der Waals surface area (Å²) in [4.78, 5) is 11.8. The first-order chi connectivity index (χ1) is 11.0. The van der Waals surface area contributed by atoms with E-state index in [1.165, 1.54) is 16.7 Å². The second-order valence-corrected chi connectivity index (χ2v) is 6.01. The van der Waals surface area contributed by atoms with Gasteiger partial charge in [-0.3, -0.25) is 4.79 Å².